The topological polar surface area (TPSA) is 114 Å². The number of amides is 3. The molecule has 9 nitrogen and oxygen atoms in total. The van der Waals surface area contributed by atoms with Crippen molar-refractivity contribution >= 4 is 17.7 Å². The van der Waals surface area contributed by atoms with E-state index < -0.39 is 5.41 Å². The molecule has 2 N–H and O–H groups in total. The zero-order valence-corrected chi connectivity index (χ0v) is 21.2. The predicted octanol–water partition coefficient (Wildman–Crippen LogP) is 3.35. The van der Waals surface area contributed by atoms with Crippen molar-refractivity contribution < 1.29 is 23.6 Å². The summed E-state index contributed by atoms with van der Waals surface area (Å²) in [6.07, 6.45) is 5.09. The van der Waals surface area contributed by atoms with Crippen molar-refractivity contribution in [1.82, 2.24) is 20.7 Å². The molecule has 3 amide bonds. The van der Waals surface area contributed by atoms with Gasteiger partial charge >= 0.3 is 0 Å². The summed E-state index contributed by atoms with van der Waals surface area (Å²) in [5, 5.41) is 10.1. The van der Waals surface area contributed by atoms with Crippen LogP contribution in [0.15, 0.2) is 34.9 Å². The lowest BCUT2D eigenvalue weighted by Gasteiger charge is -2.41. The van der Waals surface area contributed by atoms with Crippen LogP contribution in [-0.4, -0.2) is 60.1 Å². The number of aryl methyl sites for hydroxylation is 1. The van der Waals surface area contributed by atoms with Crippen molar-refractivity contribution in [1.29, 1.82) is 0 Å². The van der Waals surface area contributed by atoms with Crippen LogP contribution in [0, 0.1) is 5.41 Å². The van der Waals surface area contributed by atoms with E-state index in [1.54, 1.807) is 23.1 Å². The van der Waals surface area contributed by atoms with E-state index >= 15 is 0 Å². The Morgan fingerprint density at radius 2 is 1.94 bits per heavy atom. The summed E-state index contributed by atoms with van der Waals surface area (Å²) in [7, 11) is 0. The van der Waals surface area contributed by atoms with E-state index in [1.807, 2.05) is 26.0 Å². The summed E-state index contributed by atoms with van der Waals surface area (Å²) in [6.45, 7) is 5.69. The molecule has 1 fully saturated rings. The summed E-state index contributed by atoms with van der Waals surface area (Å²) in [4.78, 5) is 40.9. The van der Waals surface area contributed by atoms with Gasteiger partial charge in [0.2, 0.25) is 5.91 Å². The lowest BCUT2D eigenvalue weighted by Crippen LogP contribution is -2.52. The van der Waals surface area contributed by atoms with Crippen LogP contribution in [0.5, 0.6) is 5.75 Å². The number of nitrogens with zero attached hydrogens (tertiary/aromatic N) is 2. The first-order chi connectivity index (χ1) is 17.4. The zero-order valence-electron chi connectivity index (χ0n) is 21.2. The number of benzene rings is 1. The Labute approximate surface area is 211 Å². The number of carbonyl (C=O) groups is 3. The fraction of sp³-hybridized carbons (Fsp3) is 0.556. The second kappa shape index (κ2) is 11.6. The number of fused-ring (bicyclic) bond motifs is 1. The quantitative estimate of drug-likeness (QED) is 0.674. The van der Waals surface area contributed by atoms with Crippen molar-refractivity contribution in [2.24, 2.45) is 5.41 Å². The molecule has 0 unspecified atom stereocenters. The van der Waals surface area contributed by atoms with Crippen LogP contribution in [0.2, 0.25) is 0 Å². The third-order valence-corrected chi connectivity index (χ3v) is 7.13. The fourth-order valence-electron chi connectivity index (χ4n) is 4.97. The summed E-state index contributed by atoms with van der Waals surface area (Å²) >= 11 is 0. The molecular weight excluding hydrogens is 460 g/mol. The maximum Gasteiger partial charge on any atom is 0.276 e. The number of hydrogen-bond donors (Lipinski definition) is 2. The SMILES string of the molecule is CCCc1cc(C(=O)N2CCC3(CCCCNC(=O)c4ccccc4OC[C@@H](C)NC3=O)CC2)no1. The Balaban J connectivity index is 1.43. The Bertz CT molecular complexity index is 1070. The van der Waals surface area contributed by atoms with Crippen LogP contribution in [-0.2, 0) is 11.2 Å². The molecule has 9 heteroatoms. The van der Waals surface area contributed by atoms with Gasteiger partial charge in [-0.05, 0) is 51.2 Å². The zero-order chi connectivity index (χ0) is 25.5. The molecule has 0 saturated carbocycles. The van der Waals surface area contributed by atoms with Crippen LogP contribution in [0.25, 0.3) is 0 Å². The van der Waals surface area contributed by atoms with E-state index in [0.717, 1.165) is 25.7 Å². The Hall–Kier alpha value is -3.36. The van der Waals surface area contributed by atoms with Crippen molar-refractivity contribution in [2.75, 3.05) is 26.2 Å². The number of carbonyl (C=O) groups excluding carboxylic acids is 3. The number of nitrogens with one attached hydrogen (secondary N) is 2. The molecule has 1 aromatic carbocycles. The van der Waals surface area contributed by atoms with E-state index in [1.165, 1.54) is 0 Å². The first-order valence-corrected chi connectivity index (χ1v) is 13.0. The first-order valence-electron chi connectivity index (χ1n) is 13.0. The smallest absolute Gasteiger partial charge is 0.276 e. The third kappa shape index (κ3) is 5.88. The lowest BCUT2D eigenvalue weighted by molar-refractivity contribution is -0.135. The summed E-state index contributed by atoms with van der Waals surface area (Å²) in [6, 6.07) is 8.63. The average Bonchev–Trinajstić information content (AvgIpc) is 3.35. The Morgan fingerprint density at radius 3 is 2.72 bits per heavy atom. The number of piperidine rings is 1. The largest absolute Gasteiger partial charge is 0.491 e. The molecule has 2 aromatic rings. The van der Waals surface area contributed by atoms with Gasteiger partial charge in [-0.3, -0.25) is 14.4 Å². The van der Waals surface area contributed by atoms with Gasteiger partial charge in [0.15, 0.2) is 5.69 Å². The van der Waals surface area contributed by atoms with Gasteiger partial charge in [0.1, 0.15) is 18.1 Å². The second-order valence-electron chi connectivity index (χ2n) is 9.90. The highest BCUT2D eigenvalue weighted by atomic mass is 16.5. The number of hydrogen-bond acceptors (Lipinski definition) is 6. The van der Waals surface area contributed by atoms with Crippen LogP contribution in [0.1, 0.15) is 79.0 Å². The van der Waals surface area contributed by atoms with Gasteiger partial charge in [0.25, 0.3) is 11.8 Å². The molecule has 1 aromatic heterocycles. The minimum absolute atomic E-state index is 0.00625. The minimum atomic E-state index is -0.561. The molecule has 1 spiro atoms. The molecule has 1 atom stereocenters. The van der Waals surface area contributed by atoms with E-state index in [9.17, 15) is 14.4 Å². The third-order valence-electron chi connectivity index (χ3n) is 7.13. The van der Waals surface area contributed by atoms with E-state index in [0.29, 0.717) is 61.7 Å². The van der Waals surface area contributed by atoms with Crippen molar-refractivity contribution in [3.8, 4) is 5.75 Å². The number of aromatic nitrogens is 1. The normalized spacial score (nSPS) is 21.1. The van der Waals surface area contributed by atoms with Gasteiger partial charge in [-0.1, -0.05) is 30.6 Å². The summed E-state index contributed by atoms with van der Waals surface area (Å²) in [5.74, 6) is 0.915. The molecule has 194 valence electrons. The average molecular weight is 497 g/mol. The van der Waals surface area contributed by atoms with Gasteiger partial charge in [0.05, 0.1) is 17.0 Å². The first kappa shape index (κ1) is 25.7. The van der Waals surface area contributed by atoms with Gasteiger partial charge in [-0.2, -0.15) is 0 Å². The maximum absolute atomic E-state index is 13.5. The van der Waals surface area contributed by atoms with Crippen molar-refractivity contribution in [3.63, 3.8) is 0 Å². The number of rotatable bonds is 3. The Morgan fingerprint density at radius 1 is 1.17 bits per heavy atom. The lowest BCUT2D eigenvalue weighted by atomic mass is 9.73. The monoisotopic (exact) mass is 496 g/mol. The molecule has 4 rings (SSSR count). The molecule has 3 heterocycles. The highest BCUT2D eigenvalue weighted by molar-refractivity contribution is 5.97. The van der Waals surface area contributed by atoms with Gasteiger partial charge < -0.3 is 24.8 Å². The number of likely N-dealkylation sites (tertiary alicyclic amines) is 1. The Kier molecular flexibility index (Phi) is 8.28. The molecule has 2 aliphatic rings. The van der Waals surface area contributed by atoms with Crippen molar-refractivity contribution in [3.05, 3.63) is 47.3 Å². The highest BCUT2D eigenvalue weighted by Gasteiger charge is 2.42. The van der Waals surface area contributed by atoms with E-state index in [-0.39, 0.29) is 30.4 Å². The molecular formula is C27H36N4O5. The summed E-state index contributed by atoms with van der Waals surface area (Å²) < 4.78 is 11.2. The van der Waals surface area contributed by atoms with Crippen molar-refractivity contribution in [2.45, 2.75) is 64.8 Å². The predicted molar refractivity (Wildman–Crippen MR) is 134 cm³/mol. The highest BCUT2D eigenvalue weighted by Crippen LogP contribution is 2.37. The fourth-order valence-corrected chi connectivity index (χ4v) is 4.97. The van der Waals surface area contributed by atoms with Crippen LogP contribution in [0.3, 0.4) is 0 Å². The van der Waals surface area contributed by atoms with Crippen LogP contribution < -0.4 is 15.4 Å². The van der Waals surface area contributed by atoms with E-state index in [4.69, 9.17) is 9.26 Å². The molecule has 1 saturated heterocycles. The molecule has 0 radical (unpaired) electrons. The number of ether oxygens (including phenoxy) is 1. The molecule has 2 aliphatic heterocycles. The second-order valence-corrected chi connectivity index (χ2v) is 9.90. The van der Waals surface area contributed by atoms with E-state index in [2.05, 4.69) is 15.8 Å². The van der Waals surface area contributed by atoms with Gasteiger partial charge in [-0.25, -0.2) is 0 Å². The molecule has 0 aliphatic carbocycles. The molecule has 0 bridgehead atoms. The van der Waals surface area contributed by atoms with Gasteiger partial charge in [0, 0.05) is 32.1 Å². The standard InChI is InChI=1S/C27H36N4O5/c1-3-8-20-17-22(30-36-20)25(33)31-15-12-27(13-16-31)11-6-7-14-28-24(32)21-9-4-5-10-23(21)35-18-19(2)29-26(27)34/h4-5,9-10,17,19H,3,6-8,11-16,18H2,1-2H3,(H,28,32)(H,29,34)/t19-/m1/s1. The summed E-state index contributed by atoms with van der Waals surface area (Å²) in [5.41, 5.74) is 0.260. The van der Waals surface area contributed by atoms with Crippen LogP contribution >= 0.6 is 0 Å². The van der Waals surface area contributed by atoms with Gasteiger partial charge in [-0.15, -0.1) is 0 Å². The van der Waals surface area contributed by atoms with Crippen LogP contribution in [0.4, 0.5) is 0 Å². The number of para-hydroxylation sites is 1. The maximum atomic E-state index is 13.5. The minimum Gasteiger partial charge on any atom is -0.491 e. The molecule has 36 heavy (non-hydrogen) atoms.